The standard InChI is InChI=1S/C22H34N4O4/c1-17-4-5-20(30-17)19(24-12-14-29-15-13-24)16-23-21(27)18-6-10-26(11-7-18)22(28)25-8-2-3-9-25/h4-5,18-19H,2-3,6-16H2,1H3,(H,23,27)/t19-/m1/s1. The molecule has 4 rings (SSSR count). The van der Waals surface area contributed by atoms with Crippen LogP contribution < -0.4 is 5.32 Å². The smallest absolute Gasteiger partial charge is 0.319 e. The number of aryl methyl sites for hydroxylation is 1. The predicted molar refractivity (Wildman–Crippen MR) is 112 cm³/mol. The van der Waals surface area contributed by atoms with Crippen LogP contribution >= 0.6 is 0 Å². The largest absolute Gasteiger partial charge is 0.465 e. The van der Waals surface area contributed by atoms with Gasteiger partial charge in [-0.25, -0.2) is 4.79 Å². The molecule has 1 aromatic rings. The van der Waals surface area contributed by atoms with Gasteiger partial charge < -0.3 is 24.3 Å². The molecule has 1 atom stereocenters. The fourth-order valence-electron chi connectivity index (χ4n) is 4.71. The number of amides is 3. The molecule has 0 saturated carbocycles. The number of carbonyl (C=O) groups is 2. The highest BCUT2D eigenvalue weighted by Crippen LogP contribution is 2.24. The minimum atomic E-state index is -0.0312. The van der Waals surface area contributed by atoms with E-state index in [2.05, 4.69) is 10.2 Å². The van der Waals surface area contributed by atoms with Crippen LogP contribution in [0.25, 0.3) is 0 Å². The highest BCUT2D eigenvalue weighted by atomic mass is 16.5. The summed E-state index contributed by atoms with van der Waals surface area (Å²) < 4.78 is 11.4. The third-order valence-corrected chi connectivity index (χ3v) is 6.56. The molecule has 3 amide bonds. The lowest BCUT2D eigenvalue weighted by Crippen LogP contribution is -2.49. The van der Waals surface area contributed by atoms with Gasteiger partial charge in [0.2, 0.25) is 5.91 Å². The Morgan fingerprint density at radius 3 is 2.33 bits per heavy atom. The van der Waals surface area contributed by atoms with Gasteiger partial charge in [0.1, 0.15) is 11.5 Å². The Balaban J connectivity index is 1.29. The SMILES string of the molecule is Cc1ccc([C@@H](CNC(=O)C2CCN(C(=O)N3CCCC3)CC2)N2CCOCC2)o1. The number of carbonyl (C=O) groups excluding carboxylic acids is 2. The van der Waals surface area contributed by atoms with E-state index >= 15 is 0 Å². The number of morpholine rings is 1. The summed E-state index contributed by atoms with van der Waals surface area (Å²) in [4.78, 5) is 31.6. The van der Waals surface area contributed by atoms with Gasteiger partial charge in [0, 0.05) is 51.7 Å². The molecule has 3 aliphatic heterocycles. The minimum Gasteiger partial charge on any atom is -0.465 e. The first-order chi connectivity index (χ1) is 14.6. The first-order valence-electron chi connectivity index (χ1n) is 11.3. The first kappa shape index (κ1) is 21.2. The fourth-order valence-corrected chi connectivity index (χ4v) is 4.71. The molecule has 1 aromatic heterocycles. The number of furan rings is 1. The molecule has 30 heavy (non-hydrogen) atoms. The van der Waals surface area contributed by atoms with Crippen molar-refractivity contribution < 1.29 is 18.7 Å². The molecule has 3 fully saturated rings. The van der Waals surface area contributed by atoms with E-state index in [1.165, 1.54) is 0 Å². The Labute approximate surface area is 178 Å². The van der Waals surface area contributed by atoms with Crippen molar-refractivity contribution in [2.75, 3.05) is 59.0 Å². The number of rotatable bonds is 5. The fraction of sp³-hybridized carbons (Fsp3) is 0.727. The van der Waals surface area contributed by atoms with Crippen molar-refractivity contribution in [3.05, 3.63) is 23.7 Å². The third-order valence-electron chi connectivity index (χ3n) is 6.56. The van der Waals surface area contributed by atoms with Crippen molar-refractivity contribution in [3.8, 4) is 0 Å². The normalized spacial score (nSPS) is 22.3. The van der Waals surface area contributed by atoms with E-state index in [0.717, 1.165) is 63.4 Å². The third kappa shape index (κ3) is 4.98. The van der Waals surface area contributed by atoms with Crippen molar-refractivity contribution in [3.63, 3.8) is 0 Å². The van der Waals surface area contributed by atoms with Gasteiger partial charge in [-0.1, -0.05) is 0 Å². The molecule has 8 heteroatoms. The highest BCUT2D eigenvalue weighted by molar-refractivity contribution is 5.79. The molecular weight excluding hydrogens is 384 g/mol. The number of ether oxygens (including phenoxy) is 1. The Morgan fingerprint density at radius 2 is 1.70 bits per heavy atom. The van der Waals surface area contributed by atoms with Gasteiger partial charge in [-0.3, -0.25) is 9.69 Å². The van der Waals surface area contributed by atoms with Gasteiger partial charge in [0.05, 0.1) is 19.3 Å². The maximum absolute atomic E-state index is 12.9. The molecule has 8 nitrogen and oxygen atoms in total. The van der Waals surface area contributed by atoms with Crippen molar-refractivity contribution in [1.82, 2.24) is 20.0 Å². The van der Waals surface area contributed by atoms with Crippen LogP contribution in [0.4, 0.5) is 4.79 Å². The maximum Gasteiger partial charge on any atom is 0.319 e. The van der Waals surface area contributed by atoms with Crippen LogP contribution in [0.3, 0.4) is 0 Å². The van der Waals surface area contributed by atoms with E-state index in [4.69, 9.17) is 9.15 Å². The second-order valence-electron chi connectivity index (χ2n) is 8.60. The van der Waals surface area contributed by atoms with E-state index in [-0.39, 0.29) is 23.9 Å². The zero-order chi connectivity index (χ0) is 20.9. The van der Waals surface area contributed by atoms with Gasteiger partial charge in [0.25, 0.3) is 0 Å². The average molecular weight is 419 g/mol. The number of nitrogens with one attached hydrogen (secondary N) is 1. The van der Waals surface area contributed by atoms with E-state index in [9.17, 15) is 9.59 Å². The summed E-state index contributed by atoms with van der Waals surface area (Å²) in [6, 6.07) is 4.14. The molecule has 3 saturated heterocycles. The van der Waals surface area contributed by atoms with Crippen molar-refractivity contribution in [2.45, 2.75) is 38.6 Å². The summed E-state index contributed by atoms with van der Waals surface area (Å²) in [5.74, 6) is 1.83. The van der Waals surface area contributed by atoms with E-state index in [1.54, 1.807) is 0 Å². The lowest BCUT2D eigenvalue weighted by molar-refractivity contribution is -0.126. The Kier molecular flexibility index (Phi) is 6.94. The Morgan fingerprint density at radius 1 is 1.03 bits per heavy atom. The highest BCUT2D eigenvalue weighted by Gasteiger charge is 2.31. The molecule has 0 spiro atoms. The molecule has 3 aliphatic rings. The van der Waals surface area contributed by atoms with Crippen molar-refractivity contribution >= 4 is 11.9 Å². The van der Waals surface area contributed by atoms with Crippen LogP contribution in [0.1, 0.15) is 43.2 Å². The molecule has 0 radical (unpaired) electrons. The number of likely N-dealkylation sites (tertiary alicyclic amines) is 2. The van der Waals surface area contributed by atoms with Gasteiger partial charge >= 0.3 is 6.03 Å². The molecule has 1 N–H and O–H groups in total. The molecule has 0 bridgehead atoms. The first-order valence-corrected chi connectivity index (χ1v) is 11.3. The van der Waals surface area contributed by atoms with Gasteiger partial charge in [0.15, 0.2) is 0 Å². The van der Waals surface area contributed by atoms with Crippen LogP contribution in [-0.2, 0) is 9.53 Å². The Bertz CT molecular complexity index is 716. The maximum atomic E-state index is 12.9. The second kappa shape index (κ2) is 9.83. The molecule has 0 aromatic carbocycles. The number of nitrogens with zero attached hydrogens (tertiary/aromatic N) is 3. The number of piperidine rings is 1. The van der Waals surface area contributed by atoms with Crippen LogP contribution in [0, 0.1) is 12.8 Å². The van der Waals surface area contributed by atoms with Crippen LogP contribution in [0.15, 0.2) is 16.5 Å². The van der Waals surface area contributed by atoms with E-state index in [1.807, 2.05) is 28.9 Å². The van der Waals surface area contributed by atoms with Gasteiger partial charge in [-0.2, -0.15) is 0 Å². The van der Waals surface area contributed by atoms with Gasteiger partial charge in [-0.15, -0.1) is 0 Å². The van der Waals surface area contributed by atoms with E-state index < -0.39 is 0 Å². The molecular formula is C22H34N4O4. The zero-order valence-corrected chi connectivity index (χ0v) is 18.0. The number of urea groups is 1. The average Bonchev–Trinajstić information content (AvgIpc) is 3.46. The monoisotopic (exact) mass is 418 g/mol. The number of hydrogen-bond acceptors (Lipinski definition) is 5. The molecule has 0 unspecified atom stereocenters. The minimum absolute atomic E-state index is 0.0170. The van der Waals surface area contributed by atoms with E-state index in [0.29, 0.717) is 32.8 Å². The van der Waals surface area contributed by atoms with Crippen molar-refractivity contribution in [1.29, 1.82) is 0 Å². The summed E-state index contributed by atoms with van der Waals surface area (Å²) in [5, 5.41) is 3.16. The summed E-state index contributed by atoms with van der Waals surface area (Å²) >= 11 is 0. The van der Waals surface area contributed by atoms with Crippen LogP contribution in [0.2, 0.25) is 0 Å². The summed E-state index contributed by atoms with van der Waals surface area (Å²) in [6.45, 7) is 8.60. The summed E-state index contributed by atoms with van der Waals surface area (Å²) in [5.41, 5.74) is 0. The lowest BCUT2D eigenvalue weighted by atomic mass is 9.96. The second-order valence-corrected chi connectivity index (χ2v) is 8.60. The summed E-state index contributed by atoms with van der Waals surface area (Å²) in [6.07, 6.45) is 3.66. The number of hydrogen-bond donors (Lipinski definition) is 1. The zero-order valence-electron chi connectivity index (χ0n) is 18.0. The summed E-state index contributed by atoms with van der Waals surface area (Å²) in [7, 11) is 0. The Hall–Kier alpha value is -2.06. The van der Waals surface area contributed by atoms with Crippen molar-refractivity contribution in [2.24, 2.45) is 5.92 Å². The van der Waals surface area contributed by atoms with Crippen LogP contribution in [0.5, 0.6) is 0 Å². The lowest BCUT2D eigenvalue weighted by Gasteiger charge is -2.35. The molecule has 4 heterocycles. The van der Waals surface area contributed by atoms with Gasteiger partial charge in [-0.05, 0) is 44.7 Å². The predicted octanol–water partition coefficient (Wildman–Crippen LogP) is 2.01. The van der Waals surface area contributed by atoms with Crippen LogP contribution in [-0.4, -0.2) is 85.7 Å². The quantitative estimate of drug-likeness (QED) is 0.791. The topological polar surface area (TPSA) is 78.3 Å². The molecule has 166 valence electrons. The molecule has 0 aliphatic carbocycles.